The third-order valence-electron chi connectivity index (χ3n) is 6.90. The van der Waals surface area contributed by atoms with E-state index in [-0.39, 0.29) is 18.4 Å². The van der Waals surface area contributed by atoms with Crippen molar-refractivity contribution >= 4 is 21.8 Å². The van der Waals surface area contributed by atoms with E-state index >= 15 is 0 Å². The first kappa shape index (κ1) is 24.3. The predicted octanol–water partition coefficient (Wildman–Crippen LogP) is 2.78. The van der Waals surface area contributed by atoms with Gasteiger partial charge in [0.25, 0.3) is 0 Å². The van der Waals surface area contributed by atoms with Gasteiger partial charge in [-0.05, 0) is 74.1 Å². The van der Waals surface area contributed by atoms with Crippen LogP contribution in [0.25, 0.3) is 0 Å². The molecule has 4 rings (SSSR count). The van der Waals surface area contributed by atoms with Gasteiger partial charge in [-0.15, -0.1) is 0 Å². The highest BCUT2D eigenvalue weighted by Crippen LogP contribution is 2.28. The molecule has 2 aliphatic rings. The molecule has 2 aliphatic heterocycles. The first-order valence-electron chi connectivity index (χ1n) is 11.5. The lowest BCUT2D eigenvalue weighted by molar-refractivity contribution is -0.158. The molecule has 2 aromatic rings. The number of carbonyl (C=O) groups excluding carboxylic acids is 2. The highest BCUT2D eigenvalue weighted by Gasteiger charge is 2.39. The number of carbonyl (C=O) groups is 2. The molecule has 0 atom stereocenters. The normalized spacial score (nSPS) is 18.6. The number of sulfonamides is 1. The van der Waals surface area contributed by atoms with Crippen molar-refractivity contribution in [2.24, 2.45) is 0 Å². The van der Waals surface area contributed by atoms with Gasteiger partial charge in [-0.2, -0.15) is 4.31 Å². The number of hydrogen-bond donors (Lipinski definition) is 0. The molecular weight excluding hydrogens is 457 g/mol. The molecule has 0 saturated carbocycles. The summed E-state index contributed by atoms with van der Waals surface area (Å²) in [5, 5.41) is 0. The van der Waals surface area contributed by atoms with E-state index in [2.05, 4.69) is 0 Å². The minimum absolute atomic E-state index is 0.170. The van der Waals surface area contributed by atoms with E-state index in [0.29, 0.717) is 43.9 Å². The maximum absolute atomic E-state index is 13.3. The van der Waals surface area contributed by atoms with Crippen molar-refractivity contribution in [2.75, 3.05) is 26.2 Å². The molecule has 2 heterocycles. The maximum atomic E-state index is 13.3. The van der Waals surface area contributed by atoms with E-state index < -0.39 is 21.8 Å². The van der Waals surface area contributed by atoms with Crippen LogP contribution in [-0.2, 0) is 26.2 Å². The zero-order valence-electron chi connectivity index (χ0n) is 19.8. The first-order chi connectivity index (χ1) is 16.1. The third-order valence-corrected chi connectivity index (χ3v) is 8.94. The van der Waals surface area contributed by atoms with Gasteiger partial charge in [-0.1, -0.05) is 18.2 Å². The first-order valence-corrected chi connectivity index (χ1v) is 12.9. The average Bonchev–Trinajstić information content (AvgIpc) is 2.81. The monoisotopic (exact) mass is 487 g/mol. The lowest BCUT2D eigenvalue weighted by Gasteiger charge is -2.41. The molecule has 7 nitrogen and oxygen atoms in total. The smallest absolute Gasteiger partial charge is 0.312 e. The van der Waals surface area contributed by atoms with Gasteiger partial charge in [-0.3, -0.25) is 9.59 Å². The van der Waals surface area contributed by atoms with Crippen molar-refractivity contribution in [2.45, 2.75) is 51.1 Å². The summed E-state index contributed by atoms with van der Waals surface area (Å²) in [6.07, 6.45) is 0.972. The molecule has 0 radical (unpaired) electrons. The number of piperidine rings is 1. The van der Waals surface area contributed by atoms with Crippen molar-refractivity contribution in [1.82, 2.24) is 14.1 Å². The third kappa shape index (κ3) is 4.72. The van der Waals surface area contributed by atoms with Crippen molar-refractivity contribution in [3.05, 3.63) is 64.5 Å². The largest absolute Gasteiger partial charge is 0.330 e. The molecule has 0 unspecified atom stereocenters. The summed E-state index contributed by atoms with van der Waals surface area (Å²) in [5.41, 5.74) is 3.47. The zero-order chi connectivity index (χ0) is 24.6. The summed E-state index contributed by atoms with van der Waals surface area (Å²) in [7, 11) is -3.63. The number of halogens is 1. The molecule has 0 aliphatic carbocycles. The molecule has 9 heteroatoms. The maximum Gasteiger partial charge on any atom is 0.312 e. The van der Waals surface area contributed by atoms with Crippen LogP contribution in [0.3, 0.4) is 0 Å². The highest BCUT2D eigenvalue weighted by atomic mass is 32.2. The summed E-state index contributed by atoms with van der Waals surface area (Å²) < 4.78 is 41.2. The van der Waals surface area contributed by atoms with Crippen molar-refractivity contribution in [3.8, 4) is 0 Å². The standard InChI is InChI=1S/C25H30FN3O4S/c1-17-14-19(3)23(15-18(17)2)34(32,33)28-10-8-22(9-11-28)29-13-12-27(24(30)25(29)31)16-20-4-6-21(26)7-5-20/h4-7,14-15,22H,8-13,16H2,1-3H3. The van der Waals surface area contributed by atoms with Crippen LogP contribution >= 0.6 is 0 Å². The predicted molar refractivity (Wildman–Crippen MR) is 126 cm³/mol. The molecule has 34 heavy (non-hydrogen) atoms. The van der Waals surface area contributed by atoms with Gasteiger partial charge in [0.2, 0.25) is 10.0 Å². The van der Waals surface area contributed by atoms with Crippen molar-refractivity contribution in [1.29, 1.82) is 0 Å². The molecule has 0 bridgehead atoms. The van der Waals surface area contributed by atoms with Crippen LogP contribution in [-0.4, -0.2) is 66.6 Å². The number of aryl methyl sites for hydroxylation is 3. The fourth-order valence-electron chi connectivity index (χ4n) is 4.74. The van der Waals surface area contributed by atoms with E-state index in [0.717, 1.165) is 22.3 Å². The van der Waals surface area contributed by atoms with Gasteiger partial charge in [0.1, 0.15) is 5.82 Å². The topological polar surface area (TPSA) is 78.0 Å². The van der Waals surface area contributed by atoms with Gasteiger partial charge in [0.15, 0.2) is 0 Å². The SMILES string of the molecule is Cc1cc(C)c(S(=O)(=O)N2CCC(N3CCN(Cc4ccc(F)cc4)C(=O)C3=O)CC2)cc1C. The molecule has 182 valence electrons. The summed E-state index contributed by atoms with van der Waals surface area (Å²) >= 11 is 0. The quantitative estimate of drug-likeness (QED) is 0.608. The number of nitrogens with zero attached hydrogens (tertiary/aromatic N) is 3. The Morgan fingerprint density at radius 1 is 0.853 bits per heavy atom. The second kappa shape index (κ2) is 9.46. The summed E-state index contributed by atoms with van der Waals surface area (Å²) in [5.74, 6) is -1.48. The number of benzene rings is 2. The van der Waals surface area contributed by atoms with E-state index in [1.165, 1.54) is 21.3 Å². The number of rotatable bonds is 5. The highest BCUT2D eigenvalue weighted by molar-refractivity contribution is 7.89. The second-order valence-corrected chi connectivity index (χ2v) is 11.1. The van der Waals surface area contributed by atoms with Gasteiger partial charge in [-0.25, -0.2) is 12.8 Å². The van der Waals surface area contributed by atoms with E-state index in [1.807, 2.05) is 26.8 Å². The Labute approximate surface area is 200 Å². The van der Waals surface area contributed by atoms with Crippen molar-refractivity contribution < 1.29 is 22.4 Å². The molecule has 2 aromatic carbocycles. The van der Waals surface area contributed by atoms with Gasteiger partial charge >= 0.3 is 11.8 Å². The van der Waals surface area contributed by atoms with E-state index in [1.54, 1.807) is 23.1 Å². The molecule has 2 amide bonds. The molecule has 0 spiro atoms. The van der Waals surface area contributed by atoms with Gasteiger partial charge in [0.05, 0.1) is 4.90 Å². The van der Waals surface area contributed by atoms with E-state index in [4.69, 9.17) is 0 Å². The van der Waals surface area contributed by atoms with Crippen LogP contribution in [0.15, 0.2) is 41.3 Å². The summed E-state index contributed by atoms with van der Waals surface area (Å²) in [4.78, 5) is 28.9. The Morgan fingerprint density at radius 3 is 2.12 bits per heavy atom. The van der Waals surface area contributed by atoms with Crippen LogP contribution < -0.4 is 0 Å². The lowest BCUT2D eigenvalue weighted by atomic mass is 10.0. The minimum Gasteiger partial charge on any atom is -0.330 e. The summed E-state index contributed by atoms with van der Waals surface area (Å²) in [6.45, 7) is 7.32. The number of piperazine rings is 1. The van der Waals surface area contributed by atoms with Crippen LogP contribution in [0, 0.1) is 26.6 Å². The lowest BCUT2D eigenvalue weighted by Crippen LogP contribution is -2.58. The Kier molecular flexibility index (Phi) is 6.78. The zero-order valence-corrected chi connectivity index (χ0v) is 20.6. The molecule has 2 fully saturated rings. The summed E-state index contributed by atoms with van der Waals surface area (Å²) in [6, 6.07) is 9.33. The fourth-order valence-corrected chi connectivity index (χ4v) is 6.51. The Bertz CT molecular complexity index is 1210. The molecular formula is C25H30FN3O4S. The molecule has 0 N–H and O–H groups in total. The Morgan fingerprint density at radius 2 is 1.47 bits per heavy atom. The van der Waals surface area contributed by atoms with Crippen LogP contribution in [0.1, 0.15) is 35.1 Å². The fraction of sp³-hybridized carbons (Fsp3) is 0.440. The number of hydrogen-bond acceptors (Lipinski definition) is 4. The van der Waals surface area contributed by atoms with Crippen LogP contribution in [0.4, 0.5) is 4.39 Å². The van der Waals surface area contributed by atoms with Gasteiger partial charge in [0, 0.05) is 38.8 Å². The minimum atomic E-state index is -3.63. The number of amides is 2. The average molecular weight is 488 g/mol. The second-order valence-electron chi connectivity index (χ2n) is 9.19. The Balaban J connectivity index is 1.39. The van der Waals surface area contributed by atoms with Crippen molar-refractivity contribution in [3.63, 3.8) is 0 Å². The van der Waals surface area contributed by atoms with Crippen LogP contribution in [0.2, 0.25) is 0 Å². The van der Waals surface area contributed by atoms with E-state index in [9.17, 15) is 22.4 Å². The van der Waals surface area contributed by atoms with Gasteiger partial charge < -0.3 is 9.80 Å². The Hall–Kier alpha value is -2.78. The van der Waals surface area contributed by atoms with Crippen LogP contribution in [0.5, 0.6) is 0 Å². The molecule has 2 saturated heterocycles. The molecule has 0 aromatic heterocycles.